The van der Waals surface area contributed by atoms with Gasteiger partial charge in [0.1, 0.15) is 11.3 Å². The molecule has 1 aromatic heterocycles. The van der Waals surface area contributed by atoms with Gasteiger partial charge in [-0.2, -0.15) is 0 Å². The van der Waals surface area contributed by atoms with E-state index in [0.717, 1.165) is 43.4 Å². The second-order valence-electron chi connectivity index (χ2n) is 6.49. The summed E-state index contributed by atoms with van der Waals surface area (Å²) in [5.74, 6) is -0.654. The monoisotopic (exact) mass is 335 g/mol. The molecule has 7 nitrogen and oxygen atoms in total. The van der Waals surface area contributed by atoms with E-state index in [0.29, 0.717) is 26.1 Å². The lowest BCUT2D eigenvalue weighted by molar-refractivity contribution is 0.0948. The van der Waals surface area contributed by atoms with Crippen molar-refractivity contribution in [3.63, 3.8) is 0 Å². The van der Waals surface area contributed by atoms with Crippen LogP contribution in [0.15, 0.2) is 4.79 Å². The summed E-state index contributed by atoms with van der Waals surface area (Å²) in [6, 6.07) is 0.183. The number of carbonyl (C=O) groups is 1. The molecule has 24 heavy (non-hydrogen) atoms. The van der Waals surface area contributed by atoms with Crippen molar-refractivity contribution in [1.82, 2.24) is 15.2 Å². The average molecular weight is 335 g/mol. The van der Waals surface area contributed by atoms with Crippen LogP contribution >= 0.6 is 0 Å². The van der Waals surface area contributed by atoms with E-state index in [2.05, 4.69) is 10.6 Å². The molecule has 0 bridgehead atoms. The third kappa shape index (κ3) is 3.32. The number of aromatic nitrogens is 1. The van der Waals surface area contributed by atoms with Crippen molar-refractivity contribution in [3.05, 3.63) is 27.2 Å². The molecule has 7 heteroatoms. The van der Waals surface area contributed by atoms with E-state index >= 15 is 0 Å². The van der Waals surface area contributed by atoms with Gasteiger partial charge in [0.05, 0.1) is 6.61 Å². The first-order chi connectivity index (χ1) is 11.6. The van der Waals surface area contributed by atoms with Crippen LogP contribution in [0.5, 0.6) is 5.75 Å². The van der Waals surface area contributed by atoms with Gasteiger partial charge >= 0.3 is 0 Å². The summed E-state index contributed by atoms with van der Waals surface area (Å²) in [4.78, 5) is 25.3. The maximum Gasteiger partial charge on any atom is 0.267 e. The lowest BCUT2D eigenvalue weighted by atomic mass is 9.93. The van der Waals surface area contributed by atoms with Crippen LogP contribution in [0.1, 0.15) is 53.3 Å². The van der Waals surface area contributed by atoms with Crippen LogP contribution in [-0.2, 0) is 12.8 Å². The van der Waals surface area contributed by atoms with Gasteiger partial charge in [-0.3, -0.25) is 9.59 Å². The number of nitrogens with one attached hydrogen (secondary N) is 2. The number of nitrogens with zero attached hydrogens (tertiary/aromatic N) is 1. The maximum atomic E-state index is 12.8. The van der Waals surface area contributed by atoms with Gasteiger partial charge in [-0.05, 0) is 38.5 Å². The molecule has 0 aromatic carbocycles. The molecule has 1 saturated carbocycles. The zero-order chi connectivity index (χ0) is 17.1. The van der Waals surface area contributed by atoms with Crippen molar-refractivity contribution in [3.8, 4) is 5.75 Å². The highest BCUT2D eigenvalue weighted by atomic mass is 16.3. The molecule has 132 valence electrons. The molecule has 0 saturated heterocycles. The number of fused-ring (bicyclic) bond motifs is 1. The van der Waals surface area contributed by atoms with Gasteiger partial charge in [-0.25, -0.2) is 0 Å². The standard InChI is InChI=1S/C17H25N3O4/c21-10-9-18-7-8-19-16(23)14-15(22)12-3-1-2-4-13(12)20(17(14)24)11-5-6-11/h11,18,21-22H,1-10H2,(H,19,23). The van der Waals surface area contributed by atoms with Crippen molar-refractivity contribution in [2.75, 3.05) is 26.2 Å². The molecular weight excluding hydrogens is 310 g/mol. The zero-order valence-electron chi connectivity index (χ0n) is 13.8. The van der Waals surface area contributed by atoms with Gasteiger partial charge in [0, 0.05) is 36.9 Å². The van der Waals surface area contributed by atoms with Crippen LogP contribution in [0.25, 0.3) is 0 Å². The van der Waals surface area contributed by atoms with Gasteiger partial charge in [-0.1, -0.05) is 0 Å². The Morgan fingerprint density at radius 2 is 1.92 bits per heavy atom. The van der Waals surface area contributed by atoms with Crippen molar-refractivity contribution in [2.45, 2.75) is 44.6 Å². The Kier molecular flexibility index (Phi) is 5.20. The smallest absolute Gasteiger partial charge is 0.267 e. The molecule has 1 amide bonds. The quantitative estimate of drug-likeness (QED) is 0.528. The number of rotatable bonds is 7. The summed E-state index contributed by atoms with van der Waals surface area (Å²) in [5, 5.41) is 24.9. The van der Waals surface area contributed by atoms with Gasteiger partial charge in [0.2, 0.25) is 0 Å². The maximum absolute atomic E-state index is 12.8. The largest absolute Gasteiger partial charge is 0.507 e. The van der Waals surface area contributed by atoms with Gasteiger partial charge in [-0.15, -0.1) is 0 Å². The van der Waals surface area contributed by atoms with E-state index in [-0.39, 0.29) is 29.5 Å². The number of aliphatic hydroxyl groups is 1. The molecule has 1 aromatic rings. The molecule has 0 atom stereocenters. The highest BCUT2D eigenvalue weighted by Crippen LogP contribution is 2.39. The summed E-state index contributed by atoms with van der Waals surface area (Å²) >= 11 is 0. The minimum Gasteiger partial charge on any atom is -0.507 e. The predicted octanol–water partition coefficient (Wildman–Crippen LogP) is 0.0793. The van der Waals surface area contributed by atoms with E-state index in [1.807, 2.05) is 0 Å². The van der Waals surface area contributed by atoms with Crippen molar-refractivity contribution >= 4 is 5.91 Å². The number of aromatic hydroxyl groups is 1. The fraction of sp³-hybridized carbons (Fsp3) is 0.647. The molecule has 0 spiro atoms. The number of pyridine rings is 1. The number of aliphatic hydroxyl groups excluding tert-OH is 1. The molecule has 2 aliphatic rings. The predicted molar refractivity (Wildman–Crippen MR) is 89.6 cm³/mol. The van der Waals surface area contributed by atoms with Gasteiger partial charge < -0.3 is 25.4 Å². The molecule has 1 fully saturated rings. The lowest BCUT2D eigenvalue weighted by Crippen LogP contribution is -2.38. The summed E-state index contributed by atoms with van der Waals surface area (Å²) < 4.78 is 1.76. The van der Waals surface area contributed by atoms with Crippen LogP contribution in [0.3, 0.4) is 0 Å². The Labute approximate surface area is 140 Å². The highest BCUT2D eigenvalue weighted by Gasteiger charge is 2.33. The Morgan fingerprint density at radius 3 is 2.62 bits per heavy atom. The van der Waals surface area contributed by atoms with E-state index in [1.54, 1.807) is 4.57 Å². The first kappa shape index (κ1) is 17.0. The first-order valence-electron chi connectivity index (χ1n) is 8.74. The van der Waals surface area contributed by atoms with Gasteiger partial charge in [0.25, 0.3) is 11.5 Å². The van der Waals surface area contributed by atoms with Gasteiger partial charge in [0.15, 0.2) is 0 Å². The fourth-order valence-electron chi connectivity index (χ4n) is 3.39. The Hall–Kier alpha value is -1.86. The Morgan fingerprint density at radius 1 is 1.17 bits per heavy atom. The van der Waals surface area contributed by atoms with Crippen LogP contribution in [0, 0.1) is 0 Å². The number of carbonyl (C=O) groups excluding carboxylic acids is 1. The van der Waals surface area contributed by atoms with Crippen LogP contribution in [0.2, 0.25) is 0 Å². The number of hydrogen-bond donors (Lipinski definition) is 4. The van der Waals surface area contributed by atoms with E-state index in [9.17, 15) is 14.7 Å². The molecule has 0 radical (unpaired) electrons. The fourth-order valence-corrected chi connectivity index (χ4v) is 3.39. The van der Waals surface area contributed by atoms with Crippen LogP contribution < -0.4 is 16.2 Å². The third-order valence-corrected chi connectivity index (χ3v) is 4.70. The minimum atomic E-state index is -0.522. The van der Waals surface area contributed by atoms with E-state index in [1.165, 1.54) is 0 Å². The normalized spacial score (nSPS) is 16.7. The van der Waals surface area contributed by atoms with Crippen molar-refractivity contribution in [2.24, 2.45) is 0 Å². The van der Waals surface area contributed by atoms with Crippen LogP contribution in [-0.4, -0.2) is 46.9 Å². The summed E-state index contributed by atoms with van der Waals surface area (Å²) in [6.07, 6.45) is 5.41. The molecule has 4 N–H and O–H groups in total. The van der Waals surface area contributed by atoms with E-state index in [4.69, 9.17) is 5.11 Å². The highest BCUT2D eigenvalue weighted by molar-refractivity contribution is 5.97. The minimum absolute atomic E-state index is 0.0334. The average Bonchev–Trinajstić information content (AvgIpc) is 3.40. The molecule has 0 unspecified atom stereocenters. The number of amides is 1. The number of hydrogen-bond acceptors (Lipinski definition) is 5. The molecule has 2 aliphatic carbocycles. The Balaban J connectivity index is 1.86. The SMILES string of the molecule is O=C(NCCNCCO)c1c(O)c2c(n(C3CC3)c1=O)CCCC2. The second-order valence-corrected chi connectivity index (χ2v) is 6.49. The molecular formula is C17H25N3O4. The zero-order valence-corrected chi connectivity index (χ0v) is 13.8. The van der Waals surface area contributed by atoms with Crippen LogP contribution in [0.4, 0.5) is 0 Å². The second kappa shape index (κ2) is 7.36. The Bertz CT molecular complexity index is 679. The molecule has 3 rings (SSSR count). The molecule has 1 heterocycles. The first-order valence-corrected chi connectivity index (χ1v) is 8.74. The molecule has 0 aliphatic heterocycles. The van der Waals surface area contributed by atoms with Crippen molar-refractivity contribution in [1.29, 1.82) is 0 Å². The summed E-state index contributed by atoms with van der Waals surface area (Å²) in [7, 11) is 0. The van der Waals surface area contributed by atoms with E-state index < -0.39 is 5.91 Å². The summed E-state index contributed by atoms with van der Waals surface area (Å²) in [6.45, 7) is 1.31. The lowest BCUT2D eigenvalue weighted by Gasteiger charge is -2.23. The van der Waals surface area contributed by atoms with Crippen molar-refractivity contribution < 1.29 is 15.0 Å². The summed E-state index contributed by atoms with van der Waals surface area (Å²) in [5.41, 5.74) is 1.21. The third-order valence-electron chi connectivity index (χ3n) is 4.70. The topological polar surface area (TPSA) is 104 Å².